The highest BCUT2D eigenvalue weighted by molar-refractivity contribution is 5.75. The van der Waals surface area contributed by atoms with Gasteiger partial charge in [-0.05, 0) is 42.9 Å². The van der Waals surface area contributed by atoms with Crippen molar-refractivity contribution in [3.05, 3.63) is 0 Å². The van der Waals surface area contributed by atoms with E-state index in [2.05, 4.69) is 25.7 Å². The van der Waals surface area contributed by atoms with Crippen molar-refractivity contribution in [3.63, 3.8) is 0 Å². The summed E-state index contributed by atoms with van der Waals surface area (Å²) in [6.07, 6.45) is 3.48. The monoisotopic (exact) mass is 338 g/mol. The summed E-state index contributed by atoms with van der Waals surface area (Å²) in [6, 6.07) is 0. The van der Waals surface area contributed by atoms with Gasteiger partial charge < -0.3 is 15.2 Å². The highest BCUT2D eigenvalue weighted by Gasteiger charge is 2.73. The van der Waals surface area contributed by atoms with E-state index in [0.717, 1.165) is 39.1 Å². The summed E-state index contributed by atoms with van der Waals surface area (Å²) in [7, 11) is 0. The average molecular weight is 338 g/mol. The van der Waals surface area contributed by atoms with Gasteiger partial charge in [0.1, 0.15) is 0 Å². The molecule has 2 saturated carbocycles. The molecule has 0 unspecified atom stereocenters. The minimum Gasteiger partial charge on any atom is -0.466 e. The molecule has 5 nitrogen and oxygen atoms in total. The van der Waals surface area contributed by atoms with Crippen molar-refractivity contribution in [2.24, 2.45) is 28.4 Å². The number of carbonyl (C=O) groups is 1. The van der Waals surface area contributed by atoms with E-state index in [-0.39, 0.29) is 28.3 Å². The van der Waals surface area contributed by atoms with Gasteiger partial charge in [0.25, 0.3) is 0 Å². The summed E-state index contributed by atoms with van der Waals surface area (Å²) in [5.41, 5.74) is 6.27. The summed E-state index contributed by atoms with van der Waals surface area (Å²) >= 11 is 0. The molecule has 1 aliphatic heterocycles. The normalized spacial score (nSPS) is 39.8. The number of hydrogen-bond acceptors (Lipinski definition) is 5. The Morgan fingerprint density at radius 2 is 2.00 bits per heavy atom. The number of esters is 1. The first-order valence-corrected chi connectivity index (χ1v) is 9.54. The van der Waals surface area contributed by atoms with Gasteiger partial charge in [0.2, 0.25) is 0 Å². The Hall–Kier alpha value is -0.650. The first-order valence-electron chi connectivity index (χ1n) is 9.54. The number of morpholine rings is 1. The lowest BCUT2D eigenvalue weighted by molar-refractivity contribution is -0.168. The van der Waals surface area contributed by atoms with E-state index in [1.807, 2.05) is 6.92 Å². The molecule has 1 saturated heterocycles. The maximum Gasteiger partial charge on any atom is 0.312 e. The number of rotatable bonds is 5. The predicted octanol–water partition coefficient (Wildman–Crippen LogP) is 2.04. The molecule has 2 bridgehead atoms. The van der Waals surface area contributed by atoms with Gasteiger partial charge in [-0.25, -0.2) is 0 Å². The van der Waals surface area contributed by atoms with E-state index in [1.54, 1.807) is 0 Å². The number of nitrogens with two attached hydrogens (primary N) is 1. The molecule has 2 N–H and O–H groups in total. The molecular formula is C19H34N2O3. The predicted molar refractivity (Wildman–Crippen MR) is 93.5 cm³/mol. The fourth-order valence-electron chi connectivity index (χ4n) is 6.25. The molecule has 0 radical (unpaired) electrons. The molecule has 4 atom stereocenters. The largest absolute Gasteiger partial charge is 0.466 e. The molecule has 0 spiro atoms. The number of carbonyl (C=O) groups excluding carboxylic acids is 1. The second-order valence-corrected chi connectivity index (χ2v) is 8.56. The molecule has 138 valence electrons. The fraction of sp³-hybridized carbons (Fsp3) is 0.947. The van der Waals surface area contributed by atoms with E-state index in [9.17, 15) is 4.79 Å². The Balaban J connectivity index is 2.07. The summed E-state index contributed by atoms with van der Waals surface area (Å²) < 4.78 is 11.1. The van der Waals surface area contributed by atoms with E-state index in [4.69, 9.17) is 15.2 Å². The number of ether oxygens (including phenoxy) is 2. The molecule has 3 rings (SSSR count). The van der Waals surface area contributed by atoms with Gasteiger partial charge in [-0.15, -0.1) is 0 Å². The lowest BCUT2D eigenvalue weighted by Crippen LogP contribution is -2.68. The van der Waals surface area contributed by atoms with Crippen LogP contribution in [-0.2, 0) is 14.3 Å². The van der Waals surface area contributed by atoms with E-state index in [1.165, 1.54) is 6.42 Å². The lowest BCUT2D eigenvalue weighted by Gasteiger charge is -2.58. The topological polar surface area (TPSA) is 64.8 Å². The van der Waals surface area contributed by atoms with Crippen LogP contribution in [0, 0.1) is 22.7 Å². The molecule has 0 amide bonds. The average Bonchev–Trinajstić information content (AvgIpc) is 2.89. The van der Waals surface area contributed by atoms with Crippen LogP contribution in [0.2, 0.25) is 0 Å². The molecular weight excluding hydrogens is 304 g/mol. The van der Waals surface area contributed by atoms with Crippen LogP contribution in [0.3, 0.4) is 0 Å². The zero-order valence-electron chi connectivity index (χ0n) is 15.8. The van der Waals surface area contributed by atoms with Crippen LogP contribution in [0.25, 0.3) is 0 Å². The van der Waals surface area contributed by atoms with Crippen LogP contribution in [0.1, 0.15) is 47.0 Å². The van der Waals surface area contributed by atoms with Gasteiger partial charge in [-0.1, -0.05) is 20.8 Å². The molecule has 0 aromatic carbocycles. The summed E-state index contributed by atoms with van der Waals surface area (Å²) in [5, 5.41) is 0. The van der Waals surface area contributed by atoms with Crippen LogP contribution in [0.5, 0.6) is 0 Å². The smallest absolute Gasteiger partial charge is 0.312 e. The van der Waals surface area contributed by atoms with Crippen LogP contribution >= 0.6 is 0 Å². The van der Waals surface area contributed by atoms with Crippen LogP contribution in [-0.4, -0.2) is 55.9 Å². The van der Waals surface area contributed by atoms with E-state index >= 15 is 0 Å². The van der Waals surface area contributed by atoms with Gasteiger partial charge in [0, 0.05) is 25.2 Å². The Bertz CT molecular complexity index is 489. The first-order chi connectivity index (χ1) is 11.3. The Labute approximate surface area is 146 Å². The van der Waals surface area contributed by atoms with Crippen molar-refractivity contribution in [1.29, 1.82) is 0 Å². The van der Waals surface area contributed by atoms with E-state index in [0.29, 0.717) is 19.1 Å². The van der Waals surface area contributed by atoms with Crippen molar-refractivity contribution in [2.75, 3.05) is 39.5 Å². The quantitative estimate of drug-likeness (QED) is 0.777. The van der Waals surface area contributed by atoms with Gasteiger partial charge in [0.05, 0.1) is 25.7 Å². The van der Waals surface area contributed by atoms with Crippen molar-refractivity contribution in [1.82, 2.24) is 4.90 Å². The Kier molecular flexibility index (Phi) is 4.73. The molecule has 0 aromatic rings. The second kappa shape index (κ2) is 6.26. The highest BCUT2D eigenvalue weighted by atomic mass is 16.5. The summed E-state index contributed by atoms with van der Waals surface area (Å²) in [4.78, 5) is 15.4. The third-order valence-electron chi connectivity index (χ3n) is 7.91. The third-order valence-corrected chi connectivity index (χ3v) is 7.91. The van der Waals surface area contributed by atoms with Crippen LogP contribution < -0.4 is 5.73 Å². The van der Waals surface area contributed by atoms with Crippen molar-refractivity contribution in [2.45, 2.75) is 52.5 Å². The molecule has 3 aliphatic rings. The van der Waals surface area contributed by atoms with Gasteiger partial charge >= 0.3 is 5.97 Å². The van der Waals surface area contributed by atoms with E-state index < -0.39 is 0 Å². The number of nitrogens with zero attached hydrogens (tertiary/aromatic N) is 1. The maximum absolute atomic E-state index is 12.9. The first kappa shape index (κ1) is 18.2. The van der Waals surface area contributed by atoms with Crippen molar-refractivity contribution in [3.8, 4) is 0 Å². The SMILES string of the molecule is CCOC(=O)[C@@H](CN)[C@]1(N2CCOCC2)C[C@@H]2CC[C@@]1(C)C2(C)C. The summed E-state index contributed by atoms with van der Waals surface area (Å²) in [6.45, 7) is 13.1. The standard InChI is InChI=1S/C19H34N2O3/c1-5-24-16(22)15(13-20)19(21-8-10-23-11-9-21)12-14-6-7-18(19,4)17(14,2)3/h14-15H,5-13,20H2,1-4H3/t14-,15+,18-,19+/m0/s1. The maximum atomic E-state index is 12.9. The Morgan fingerprint density at radius 3 is 2.46 bits per heavy atom. The molecule has 3 fully saturated rings. The van der Waals surface area contributed by atoms with Gasteiger partial charge in [-0.2, -0.15) is 0 Å². The molecule has 1 heterocycles. The molecule has 5 heteroatoms. The van der Waals surface area contributed by atoms with Gasteiger partial charge in [0.15, 0.2) is 0 Å². The lowest BCUT2D eigenvalue weighted by atomic mass is 9.57. The van der Waals surface area contributed by atoms with Gasteiger partial charge in [-0.3, -0.25) is 9.69 Å². The third kappa shape index (κ3) is 2.20. The van der Waals surface area contributed by atoms with Crippen molar-refractivity contribution < 1.29 is 14.3 Å². The fourth-order valence-corrected chi connectivity index (χ4v) is 6.25. The second-order valence-electron chi connectivity index (χ2n) is 8.56. The van der Waals surface area contributed by atoms with Crippen molar-refractivity contribution >= 4 is 5.97 Å². The zero-order chi connectivity index (χ0) is 17.6. The van der Waals surface area contributed by atoms with Crippen LogP contribution in [0.15, 0.2) is 0 Å². The molecule has 2 aliphatic carbocycles. The number of fused-ring (bicyclic) bond motifs is 2. The minimum absolute atomic E-state index is 0.0683. The highest BCUT2D eigenvalue weighted by Crippen LogP contribution is 2.72. The minimum atomic E-state index is -0.259. The molecule has 24 heavy (non-hydrogen) atoms. The van der Waals surface area contributed by atoms with Crippen LogP contribution in [0.4, 0.5) is 0 Å². The number of hydrogen-bond donors (Lipinski definition) is 1. The summed E-state index contributed by atoms with van der Waals surface area (Å²) in [5.74, 6) is 0.273. The molecule has 0 aromatic heterocycles. The Morgan fingerprint density at radius 1 is 1.33 bits per heavy atom. The zero-order valence-corrected chi connectivity index (χ0v) is 15.8.